The van der Waals surface area contributed by atoms with E-state index < -0.39 is 6.10 Å². The number of unbranched alkanes of at least 4 members (excludes halogenated alkanes) is 11. The Morgan fingerprint density at radius 2 is 1.67 bits per heavy atom. The van der Waals surface area contributed by atoms with Gasteiger partial charge >= 0.3 is 5.97 Å². The average Bonchev–Trinajstić information content (AvgIpc) is 3.22. The molecule has 4 nitrogen and oxygen atoms in total. The van der Waals surface area contributed by atoms with Crippen LogP contribution in [-0.2, 0) is 9.53 Å². The first-order valence-corrected chi connectivity index (χ1v) is 17.8. The quantitative estimate of drug-likeness (QED) is 0.0424. The number of rotatable bonds is 22. The van der Waals surface area contributed by atoms with Crippen molar-refractivity contribution < 1.29 is 19.7 Å². The summed E-state index contributed by atoms with van der Waals surface area (Å²) in [4.78, 5) is 12.0. The largest absolute Gasteiger partial charge is 0.452 e. The van der Waals surface area contributed by atoms with E-state index in [9.17, 15) is 15.0 Å². The number of carbonyl (C=O) groups is 1. The first-order valence-electron chi connectivity index (χ1n) is 17.4. The molecule has 2 fully saturated rings. The number of esters is 1. The number of ether oxygens (including phenoxy) is 1. The van der Waals surface area contributed by atoms with Gasteiger partial charge in [0.05, 0.1) is 12.2 Å². The molecule has 2 aliphatic rings. The van der Waals surface area contributed by atoms with Crippen molar-refractivity contribution >= 4 is 17.6 Å². The highest BCUT2D eigenvalue weighted by Gasteiger charge is 2.42. The van der Waals surface area contributed by atoms with Gasteiger partial charge in [0, 0.05) is 24.1 Å². The third-order valence-electron chi connectivity index (χ3n) is 9.76. The van der Waals surface area contributed by atoms with E-state index in [-0.39, 0.29) is 41.3 Å². The van der Waals surface area contributed by atoms with Crippen LogP contribution < -0.4 is 0 Å². The zero-order valence-corrected chi connectivity index (χ0v) is 27.6. The lowest BCUT2D eigenvalue weighted by Crippen LogP contribution is -2.40. The first kappa shape index (κ1) is 36.9. The van der Waals surface area contributed by atoms with Crippen LogP contribution in [0.1, 0.15) is 149 Å². The summed E-state index contributed by atoms with van der Waals surface area (Å²) < 4.78 is 5.26. The van der Waals surface area contributed by atoms with E-state index in [2.05, 4.69) is 50.0 Å². The number of aliphatic hydroxyl groups is 2. The summed E-state index contributed by atoms with van der Waals surface area (Å²) in [5.74, 6) is 6.13. The summed E-state index contributed by atoms with van der Waals surface area (Å²) in [5.41, 5.74) is 0.0990. The molecule has 42 heavy (non-hydrogen) atoms. The molecule has 2 N–H and O–H groups in total. The van der Waals surface area contributed by atoms with Gasteiger partial charge in [0.25, 0.3) is 0 Å². The highest BCUT2D eigenvalue weighted by atomic mass is 35.5. The van der Waals surface area contributed by atoms with Crippen LogP contribution in [0.5, 0.6) is 0 Å². The van der Waals surface area contributed by atoms with E-state index in [1.807, 2.05) is 0 Å². The van der Waals surface area contributed by atoms with Crippen molar-refractivity contribution in [1.29, 1.82) is 0 Å². The van der Waals surface area contributed by atoms with Crippen molar-refractivity contribution in [3.8, 4) is 11.8 Å². The molecule has 0 aromatic heterocycles. The van der Waals surface area contributed by atoms with Crippen LogP contribution in [-0.4, -0.2) is 40.4 Å². The molecule has 5 heteroatoms. The molecule has 0 amide bonds. The van der Waals surface area contributed by atoms with Crippen LogP contribution in [0.2, 0.25) is 0 Å². The third kappa shape index (κ3) is 14.0. The standard InChI is InChI=1S/C37H61ClO4/c1-3-5-6-7-8-9-10-11-12-13-14-17-20-29-42-36(41)26-19-16-15-18-23-31-32(34(39)30-33(31)38)24-21-25-35(40)37(4-2)27-22-28-37/h15,18,21,24,31-35,39-40H,3-14,16,19,22-23,25-30H2,1-2H3/b18-15-,24-21+/t31-,32-,33?,34-,35+/m1/s1. The zero-order valence-electron chi connectivity index (χ0n) is 26.8. The summed E-state index contributed by atoms with van der Waals surface area (Å²) in [6.45, 7) is 4.63. The van der Waals surface area contributed by atoms with Gasteiger partial charge in [0.15, 0.2) is 6.61 Å². The Kier molecular flexibility index (Phi) is 19.6. The molecule has 2 saturated carbocycles. The monoisotopic (exact) mass is 604 g/mol. The number of hydrogen-bond donors (Lipinski definition) is 2. The summed E-state index contributed by atoms with van der Waals surface area (Å²) in [6, 6.07) is 0. The van der Waals surface area contributed by atoms with E-state index >= 15 is 0 Å². The molecule has 0 heterocycles. The molecule has 240 valence electrons. The van der Waals surface area contributed by atoms with Crippen LogP contribution in [0.3, 0.4) is 0 Å². The van der Waals surface area contributed by atoms with Crippen molar-refractivity contribution in [2.45, 2.75) is 166 Å². The normalized spacial score (nSPS) is 24.0. The Labute approximate surface area is 263 Å². The zero-order chi connectivity index (χ0) is 30.5. The number of hydrogen-bond acceptors (Lipinski definition) is 4. The lowest BCUT2D eigenvalue weighted by molar-refractivity contribution is -0.142. The maximum absolute atomic E-state index is 12.0. The maximum Gasteiger partial charge on any atom is 0.306 e. The lowest BCUT2D eigenvalue weighted by Gasteiger charge is -2.45. The van der Waals surface area contributed by atoms with Gasteiger partial charge < -0.3 is 14.9 Å². The van der Waals surface area contributed by atoms with Crippen LogP contribution in [0, 0.1) is 29.1 Å². The Morgan fingerprint density at radius 3 is 2.31 bits per heavy atom. The molecule has 0 bridgehead atoms. The Morgan fingerprint density at radius 1 is 0.976 bits per heavy atom. The second-order valence-electron chi connectivity index (χ2n) is 12.9. The minimum absolute atomic E-state index is 0.0181. The Balaban J connectivity index is 1.51. The fourth-order valence-electron chi connectivity index (χ4n) is 6.60. The molecule has 1 unspecified atom stereocenters. The molecule has 0 saturated heterocycles. The van der Waals surface area contributed by atoms with Gasteiger partial charge in [0.2, 0.25) is 0 Å². The van der Waals surface area contributed by atoms with Gasteiger partial charge in [-0.2, -0.15) is 0 Å². The third-order valence-corrected chi connectivity index (χ3v) is 10.3. The predicted molar refractivity (Wildman–Crippen MR) is 176 cm³/mol. The summed E-state index contributed by atoms with van der Waals surface area (Å²) in [7, 11) is 0. The maximum atomic E-state index is 12.0. The summed E-state index contributed by atoms with van der Waals surface area (Å²) >= 11 is 6.60. The van der Waals surface area contributed by atoms with Gasteiger partial charge in [-0.25, -0.2) is 0 Å². The van der Waals surface area contributed by atoms with E-state index in [0.717, 1.165) is 51.4 Å². The highest BCUT2D eigenvalue weighted by Crippen LogP contribution is 2.48. The topological polar surface area (TPSA) is 66.8 Å². The van der Waals surface area contributed by atoms with Crippen molar-refractivity contribution in [2.75, 3.05) is 6.61 Å². The van der Waals surface area contributed by atoms with Crippen LogP contribution in [0.15, 0.2) is 24.3 Å². The van der Waals surface area contributed by atoms with Crippen molar-refractivity contribution in [1.82, 2.24) is 0 Å². The number of halogens is 1. The molecule has 0 aliphatic heterocycles. The molecule has 2 rings (SSSR count). The fraction of sp³-hybridized carbons (Fsp3) is 0.811. The van der Waals surface area contributed by atoms with Crippen LogP contribution in [0.25, 0.3) is 0 Å². The van der Waals surface area contributed by atoms with Gasteiger partial charge in [0.1, 0.15) is 0 Å². The van der Waals surface area contributed by atoms with E-state index in [0.29, 0.717) is 19.3 Å². The molecular formula is C37H61ClO4. The number of allylic oxidation sites excluding steroid dienone is 2. The smallest absolute Gasteiger partial charge is 0.306 e. The molecule has 0 aromatic carbocycles. The van der Waals surface area contributed by atoms with E-state index in [1.165, 1.54) is 64.2 Å². The van der Waals surface area contributed by atoms with Crippen molar-refractivity contribution in [3.05, 3.63) is 24.3 Å². The molecule has 2 aliphatic carbocycles. The number of alkyl halides is 1. The first-order chi connectivity index (χ1) is 20.4. The van der Waals surface area contributed by atoms with Crippen LogP contribution in [0.4, 0.5) is 0 Å². The minimum atomic E-state index is -0.434. The predicted octanol–water partition coefficient (Wildman–Crippen LogP) is 9.45. The van der Waals surface area contributed by atoms with E-state index in [1.54, 1.807) is 0 Å². The van der Waals surface area contributed by atoms with E-state index in [4.69, 9.17) is 16.3 Å². The Bertz CT molecular complexity index is 831. The molecule has 5 atom stereocenters. The number of aliphatic hydroxyl groups excluding tert-OH is 2. The summed E-state index contributed by atoms with van der Waals surface area (Å²) in [5, 5.41) is 21.2. The SMILES string of the molecule is CCCCCCCCCCCCC#CCOC(=O)CCC/C=C\C[C@H]1C(Cl)C[C@@H](O)[C@@H]1/C=C/C[C@H](O)C1(CC)CCC1. The average molecular weight is 605 g/mol. The van der Waals surface area contributed by atoms with Crippen molar-refractivity contribution in [2.24, 2.45) is 17.3 Å². The van der Waals surface area contributed by atoms with Gasteiger partial charge in [-0.15, -0.1) is 11.6 Å². The Hall–Kier alpha value is -1.28. The van der Waals surface area contributed by atoms with Gasteiger partial charge in [-0.05, 0) is 69.1 Å². The second-order valence-corrected chi connectivity index (χ2v) is 13.4. The summed E-state index contributed by atoms with van der Waals surface area (Å²) in [6.07, 6.45) is 30.3. The van der Waals surface area contributed by atoms with Crippen molar-refractivity contribution in [3.63, 3.8) is 0 Å². The van der Waals surface area contributed by atoms with Gasteiger partial charge in [-0.1, -0.05) is 114 Å². The fourth-order valence-corrected chi connectivity index (χ4v) is 7.05. The number of carbonyl (C=O) groups excluding carboxylic acids is 1. The molecule has 0 aromatic rings. The molecule has 0 radical (unpaired) electrons. The molecule has 0 spiro atoms. The molecular weight excluding hydrogens is 544 g/mol. The minimum Gasteiger partial charge on any atom is -0.452 e. The highest BCUT2D eigenvalue weighted by molar-refractivity contribution is 6.21. The lowest BCUT2D eigenvalue weighted by atomic mass is 9.63. The second kappa shape index (κ2) is 22.3. The van der Waals surface area contributed by atoms with Gasteiger partial charge in [-0.3, -0.25) is 4.79 Å². The van der Waals surface area contributed by atoms with Crippen LogP contribution >= 0.6 is 11.6 Å².